The van der Waals surface area contributed by atoms with Gasteiger partial charge in [0, 0.05) is 25.2 Å². The number of hydrogen-bond donors (Lipinski definition) is 1. The fraction of sp³-hybridized carbons (Fsp3) is 0.538. The zero-order valence-corrected chi connectivity index (χ0v) is 11.8. The molecule has 1 aromatic carbocycles. The monoisotopic (exact) mass is 276 g/mol. The van der Waals surface area contributed by atoms with Crippen LogP contribution in [0.3, 0.4) is 0 Å². The van der Waals surface area contributed by atoms with Gasteiger partial charge in [0.1, 0.15) is 0 Å². The van der Waals surface area contributed by atoms with Gasteiger partial charge in [-0.15, -0.1) is 24.8 Å². The van der Waals surface area contributed by atoms with Gasteiger partial charge in [0.05, 0.1) is 0 Å². The van der Waals surface area contributed by atoms with E-state index in [0.717, 1.165) is 25.9 Å². The van der Waals surface area contributed by atoms with Crippen LogP contribution in [0.25, 0.3) is 0 Å². The third kappa shape index (κ3) is 4.47. The smallest absolute Gasteiger partial charge is 0.0319 e. The Morgan fingerprint density at radius 1 is 1.12 bits per heavy atom. The molecule has 1 aliphatic heterocycles. The summed E-state index contributed by atoms with van der Waals surface area (Å²) in [6.45, 7) is 4.56. The topological polar surface area (TPSA) is 29.3 Å². The SMILES string of the molecule is CC(c1ccccc1)N1CCC(N)CC1.Cl.Cl. The van der Waals surface area contributed by atoms with E-state index in [2.05, 4.69) is 42.2 Å². The minimum absolute atomic E-state index is 0. The van der Waals surface area contributed by atoms with E-state index in [0.29, 0.717) is 12.1 Å². The summed E-state index contributed by atoms with van der Waals surface area (Å²) in [5.74, 6) is 0. The first-order valence-electron chi connectivity index (χ1n) is 5.82. The first-order chi connectivity index (χ1) is 7.27. The van der Waals surface area contributed by atoms with Gasteiger partial charge in [0.15, 0.2) is 0 Å². The van der Waals surface area contributed by atoms with Gasteiger partial charge >= 0.3 is 0 Å². The van der Waals surface area contributed by atoms with E-state index >= 15 is 0 Å². The lowest BCUT2D eigenvalue weighted by Gasteiger charge is -2.35. The molecule has 2 nitrogen and oxygen atoms in total. The van der Waals surface area contributed by atoms with Crippen molar-refractivity contribution in [3.63, 3.8) is 0 Å². The molecule has 0 spiro atoms. The van der Waals surface area contributed by atoms with Crippen LogP contribution in [-0.4, -0.2) is 24.0 Å². The molecule has 98 valence electrons. The van der Waals surface area contributed by atoms with Crippen LogP contribution in [0.15, 0.2) is 30.3 Å². The molecule has 4 heteroatoms. The van der Waals surface area contributed by atoms with Crippen LogP contribution < -0.4 is 5.73 Å². The fourth-order valence-electron chi connectivity index (χ4n) is 2.25. The van der Waals surface area contributed by atoms with Crippen molar-refractivity contribution in [1.29, 1.82) is 0 Å². The molecule has 0 saturated carbocycles. The van der Waals surface area contributed by atoms with Crippen LogP contribution in [-0.2, 0) is 0 Å². The molecule has 1 saturated heterocycles. The molecule has 17 heavy (non-hydrogen) atoms. The standard InChI is InChI=1S/C13H20N2.2ClH/c1-11(12-5-3-2-4-6-12)15-9-7-13(14)8-10-15;;/h2-6,11,13H,7-10,14H2,1H3;2*1H. The highest BCUT2D eigenvalue weighted by atomic mass is 35.5. The van der Waals surface area contributed by atoms with Crippen LogP contribution in [0.5, 0.6) is 0 Å². The molecule has 1 atom stereocenters. The predicted molar refractivity (Wildman–Crippen MR) is 78.1 cm³/mol. The summed E-state index contributed by atoms with van der Waals surface area (Å²) < 4.78 is 0. The summed E-state index contributed by atoms with van der Waals surface area (Å²) in [7, 11) is 0. The maximum absolute atomic E-state index is 5.91. The number of halogens is 2. The Balaban J connectivity index is 0.00000128. The first kappa shape index (κ1) is 16.7. The maximum Gasteiger partial charge on any atom is 0.0319 e. The normalized spacial score (nSPS) is 18.9. The third-order valence-corrected chi connectivity index (χ3v) is 3.40. The molecular weight excluding hydrogens is 255 g/mol. The van der Waals surface area contributed by atoms with Gasteiger partial charge in [-0.3, -0.25) is 4.90 Å². The van der Waals surface area contributed by atoms with Gasteiger partial charge in [-0.1, -0.05) is 30.3 Å². The van der Waals surface area contributed by atoms with E-state index in [1.165, 1.54) is 5.56 Å². The zero-order chi connectivity index (χ0) is 10.7. The highest BCUT2D eigenvalue weighted by molar-refractivity contribution is 5.85. The molecule has 1 aromatic rings. The summed E-state index contributed by atoms with van der Waals surface area (Å²) in [5, 5.41) is 0. The van der Waals surface area contributed by atoms with Gasteiger partial charge in [-0.05, 0) is 25.3 Å². The molecule has 0 aliphatic carbocycles. The molecular formula is C13H22Cl2N2. The Kier molecular flexibility index (Phi) is 7.80. The Hall–Kier alpha value is -0.280. The lowest BCUT2D eigenvalue weighted by Crippen LogP contribution is -2.40. The van der Waals surface area contributed by atoms with Gasteiger partial charge in [0.2, 0.25) is 0 Å². The number of rotatable bonds is 2. The lowest BCUT2D eigenvalue weighted by atomic mass is 10.0. The van der Waals surface area contributed by atoms with Crippen LogP contribution in [0.1, 0.15) is 31.4 Å². The molecule has 0 radical (unpaired) electrons. The second-order valence-electron chi connectivity index (χ2n) is 4.46. The Morgan fingerprint density at radius 3 is 2.18 bits per heavy atom. The van der Waals surface area contributed by atoms with Crippen molar-refractivity contribution in [3.8, 4) is 0 Å². The molecule has 1 aliphatic rings. The number of piperidine rings is 1. The minimum Gasteiger partial charge on any atom is -0.328 e. The highest BCUT2D eigenvalue weighted by Gasteiger charge is 2.20. The van der Waals surface area contributed by atoms with E-state index in [-0.39, 0.29) is 24.8 Å². The molecule has 2 N–H and O–H groups in total. The summed E-state index contributed by atoms with van der Waals surface area (Å²) in [5.41, 5.74) is 7.32. The number of nitrogens with two attached hydrogens (primary N) is 1. The number of hydrogen-bond acceptors (Lipinski definition) is 2. The second-order valence-corrected chi connectivity index (χ2v) is 4.46. The minimum atomic E-state index is 0. The van der Waals surface area contributed by atoms with E-state index in [9.17, 15) is 0 Å². The molecule has 0 amide bonds. The molecule has 2 rings (SSSR count). The molecule has 0 aromatic heterocycles. The molecule has 1 heterocycles. The zero-order valence-electron chi connectivity index (χ0n) is 10.2. The molecule has 1 unspecified atom stereocenters. The highest BCUT2D eigenvalue weighted by Crippen LogP contribution is 2.23. The van der Waals surface area contributed by atoms with Crippen LogP contribution in [0, 0.1) is 0 Å². The number of nitrogens with zero attached hydrogens (tertiary/aromatic N) is 1. The average molecular weight is 277 g/mol. The summed E-state index contributed by atoms with van der Waals surface area (Å²) >= 11 is 0. The Morgan fingerprint density at radius 2 is 1.65 bits per heavy atom. The van der Waals surface area contributed by atoms with Crippen molar-refractivity contribution in [2.75, 3.05) is 13.1 Å². The van der Waals surface area contributed by atoms with Crippen molar-refractivity contribution < 1.29 is 0 Å². The Labute approximate surface area is 116 Å². The van der Waals surface area contributed by atoms with Gasteiger partial charge < -0.3 is 5.73 Å². The summed E-state index contributed by atoms with van der Waals surface area (Å²) in [6.07, 6.45) is 2.27. The van der Waals surface area contributed by atoms with E-state index in [1.807, 2.05) is 0 Å². The molecule has 1 fully saturated rings. The van der Waals surface area contributed by atoms with Crippen LogP contribution in [0.4, 0.5) is 0 Å². The van der Waals surface area contributed by atoms with E-state index in [1.54, 1.807) is 0 Å². The predicted octanol–water partition coefficient (Wildman–Crippen LogP) is 3.01. The van der Waals surface area contributed by atoms with Crippen molar-refractivity contribution in [2.24, 2.45) is 5.73 Å². The van der Waals surface area contributed by atoms with Crippen molar-refractivity contribution in [2.45, 2.75) is 31.8 Å². The van der Waals surface area contributed by atoms with Crippen molar-refractivity contribution in [3.05, 3.63) is 35.9 Å². The lowest BCUT2D eigenvalue weighted by molar-refractivity contribution is 0.163. The fourth-order valence-corrected chi connectivity index (χ4v) is 2.25. The van der Waals surface area contributed by atoms with Crippen LogP contribution in [0.2, 0.25) is 0 Å². The average Bonchev–Trinajstić information content (AvgIpc) is 2.30. The first-order valence-corrected chi connectivity index (χ1v) is 5.82. The number of benzene rings is 1. The summed E-state index contributed by atoms with van der Waals surface area (Å²) in [4.78, 5) is 2.53. The molecule has 0 bridgehead atoms. The number of likely N-dealkylation sites (tertiary alicyclic amines) is 1. The Bertz CT molecular complexity index is 298. The largest absolute Gasteiger partial charge is 0.328 e. The van der Waals surface area contributed by atoms with E-state index < -0.39 is 0 Å². The van der Waals surface area contributed by atoms with Crippen molar-refractivity contribution in [1.82, 2.24) is 4.90 Å². The van der Waals surface area contributed by atoms with Crippen LogP contribution >= 0.6 is 24.8 Å². The van der Waals surface area contributed by atoms with Gasteiger partial charge in [-0.2, -0.15) is 0 Å². The maximum atomic E-state index is 5.91. The third-order valence-electron chi connectivity index (χ3n) is 3.40. The second kappa shape index (κ2) is 7.93. The van der Waals surface area contributed by atoms with Gasteiger partial charge in [0.25, 0.3) is 0 Å². The summed E-state index contributed by atoms with van der Waals surface area (Å²) in [6, 6.07) is 11.7. The van der Waals surface area contributed by atoms with E-state index in [4.69, 9.17) is 5.73 Å². The van der Waals surface area contributed by atoms with Crippen molar-refractivity contribution >= 4 is 24.8 Å². The quantitative estimate of drug-likeness (QED) is 0.900. The van der Waals surface area contributed by atoms with Gasteiger partial charge in [-0.25, -0.2) is 0 Å².